The van der Waals surface area contributed by atoms with E-state index in [0.29, 0.717) is 11.5 Å². The molecule has 92 valence electrons. The van der Waals surface area contributed by atoms with Crippen molar-refractivity contribution in [1.29, 1.82) is 0 Å². The van der Waals surface area contributed by atoms with Crippen LogP contribution in [0.4, 0.5) is 0 Å². The molecule has 2 rings (SSSR count). The van der Waals surface area contributed by atoms with Crippen molar-refractivity contribution in [3.8, 4) is 0 Å². The Hall–Kier alpha value is -0.460. The SMILES string of the molecule is CCC(C)O/C=C1/C[C@]2(C(C)C)C[C@@H]2[C@H]1C. The second-order valence-electron chi connectivity index (χ2n) is 6.21. The van der Waals surface area contributed by atoms with E-state index in [4.69, 9.17) is 4.74 Å². The lowest BCUT2D eigenvalue weighted by Crippen LogP contribution is -2.08. The molecule has 0 aromatic rings. The fourth-order valence-electron chi connectivity index (χ4n) is 3.34. The molecule has 0 bridgehead atoms. The summed E-state index contributed by atoms with van der Waals surface area (Å²) < 4.78 is 5.78. The second-order valence-corrected chi connectivity index (χ2v) is 6.21. The molecule has 16 heavy (non-hydrogen) atoms. The third kappa shape index (κ3) is 1.78. The number of hydrogen-bond donors (Lipinski definition) is 0. The fourth-order valence-corrected chi connectivity index (χ4v) is 3.34. The molecule has 0 radical (unpaired) electrons. The molecule has 4 atom stereocenters. The average Bonchev–Trinajstić information content (AvgIpc) is 2.92. The summed E-state index contributed by atoms with van der Waals surface area (Å²) in [5, 5.41) is 0. The minimum absolute atomic E-state index is 0.367. The van der Waals surface area contributed by atoms with Crippen molar-refractivity contribution in [3.05, 3.63) is 11.8 Å². The molecular weight excluding hydrogens is 196 g/mol. The van der Waals surface area contributed by atoms with Crippen LogP contribution in [-0.4, -0.2) is 6.10 Å². The van der Waals surface area contributed by atoms with Crippen LogP contribution in [0.3, 0.4) is 0 Å². The molecule has 0 aliphatic heterocycles. The molecule has 1 nitrogen and oxygen atoms in total. The molecule has 1 unspecified atom stereocenters. The van der Waals surface area contributed by atoms with Crippen molar-refractivity contribution in [3.63, 3.8) is 0 Å². The summed E-state index contributed by atoms with van der Waals surface area (Å²) in [7, 11) is 0. The number of rotatable bonds is 4. The lowest BCUT2D eigenvalue weighted by Gasteiger charge is -2.17. The van der Waals surface area contributed by atoms with Gasteiger partial charge in [0, 0.05) is 0 Å². The number of allylic oxidation sites excluding steroid dienone is 1. The quantitative estimate of drug-likeness (QED) is 0.641. The molecule has 2 aliphatic rings. The van der Waals surface area contributed by atoms with Crippen LogP contribution in [0.2, 0.25) is 0 Å². The Morgan fingerprint density at radius 2 is 2.12 bits per heavy atom. The zero-order valence-corrected chi connectivity index (χ0v) is 11.4. The molecule has 0 amide bonds. The van der Waals surface area contributed by atoms with Gasteiger partial charge >= 0.3 is 0 Å². The zero-order chi connectivity index (χ0) is 11.9. The molecule has 0 aromatic carbocycles. The summed E-state index contributed by atoms with van der Waals surface area (Å²) in [5.74, 6) is 2.53. The molecular formula is C15H26O. The van der Waals surface area contributed by atoms with Gasteiger partial charge in [0.25, 0.3) is 0 Å². The van der Waals surface area contributed by atoms with E-state index in [0.717, 1.165) is 24.2 Å². The standard InChI is InChI=1S/C15H26O/c1-6-11(4)16-9-13-7-15(10(2)3)8-14(15)12(13)5/h9-12,14H,6-8H2,1-5H3/b13-9-/t11?,12-,14+,15+/m0/s1. The lowest BCUT2D eigenvalue weighted by molar-refractivity contribution is 0.153. The van der Waals surface area contributed by atoms with Crippen LogP contribution in [0.15, 0.2) is 11.8 Å². The average molecular weight is 222 g/mol. The Labute approximate surface area is 100 Å². The Balaban J connectivity index is 2.00. The lowest BCUT2D eigenvalue weighted by atomic mass is 9.89. The smallest absolute Gasteiger partial charge is 0.0947 e. The minimum atomic E-state index is 0.367. The number of ether oxygens (including phenoxy) is 1. The van der Waals surface area contributed by atoms with Crippen molar-refractivity contribution < 1.29 is 4.74 Å². The van der Waals surface area contributed by atoms with Crippen LogP contribution in [-0.2, 0) is 4.74 Å². The van der Waals surface area contributed by atoms with Crippen molar-refractivity contribution in [2.24, 2.45) is 23.2 Å². The van der Waals surface area contributed by atoms with E-state index >= 15 is 0 Å². The maximum Gasteiger partial charge on any atom is 0.0947 e. The second kappa shape index (κ2) is 4.09. The summed E-state index contributed by atoms with van der Waals surface area (Å²) >= 11 is 0. The van der Waals surface area contributed by atoms with Gasteiger partial charge in [0.2, 0.25) is 0 Å². The fraction of sp³-hybridized carbons (Fsp3) is 0.867. The Morgan fingerprint density at radius 3 is 2.62 bits per heavy atom. The predicted molar refractivity (Wildman–Crippen MR) is 68.1 cm³/mol. The molecule has 0 spiro atoms. The van der Waals surface area contributed by atoms with Gasteiger partial charge < -0.3 is 4.74 Å². The maximum atomic E-state index is 5.78. The first-order valence-corrected chi connectivity index (χ1v) is 6.85. The Kier molecular flexibility index (Phi) is 3.07. The number of hydrogen-bond acceptors (Lipinski definition) is 1. The molecule has 0 saturated heterocycles. The highest BCUT2D eigenvalue weighted by atomic mass is 16.5. The van der Waals surface area contributed by atoms with Crippen LogP contribution in [0.5, 0.6) is 0 Å². The highest BCUT2D eigenvalue weighted by Crippen LogP contribution is 2.71. The van der Waals surface area contributed by atoms with E-state index in [2.05, 4.69) is 40.9 Å². The maximum absolute atomic E-state index is 5.78. The van der Waals surface area contributed by atoms with E-state index in [1.165, 1.54) is 12.8 Å². The summed E-state index contributed by atoms with van der Waals surface area (Å²) in [6.45, 7) is 11.5. The van der Waals surface area contributed by atoms with Gasteiger partial charge in [0.05, 0.1) is 12.4 Å². The van der Waals surface area contributed by atoms with E-state index in [1.807, 2.05) is 0 Å². The van der Waals surface area contributed by atoms with Gasteiger partial charge in [-0.15, -0.1) is 0 Å². The first-order valence-electron chi connectivity index (χ1n) is 6.85. The molecule has 0 heterocycles. The van der Waals surface area contributed by atoms with E-state index in [1.54, 1.807) is 5.57 Å². The molecule has 2 saturated carbocycles. The summed E-state index contributed by atoms with van der Waals surface area (Å²) in [6, 6.07) is 0. The van der Waals surface area contributed by atoms with Crippen molar-refractivity contribution in [2.75, 3.05) is 0 Å². The van der Waals surface area contributed by atoms with Crippen LogP contribution in [0.1, 0.15) is 53.9 Å². The largest absolute Gasteiger partial charge is 0.498 e. The van der Waals surface area contributed by atoms with E-state index < -0.39 is 0 Å². The third-order valence-corrected chi connectivity index (χ3v) is 5.08. The van der Waals surface area contributed by atoms with Gasteiger partial charge in [-0.05, 0) is 54.9 Å². The summed E-state index contributed by atoms with van der Waals surface area (Å²) in [4.78, 5) is 0. The minimum Gasteiger partial charge on any atom is -0.498 e. The monoisotopic (exact) mass is 222 g/mol. The molecule has 2 fully saturated rings. The predicted octanol–water partition coefficient (Wildman–Crippen LogP) is 4.39. The first kappa shape index (κ1) is 12.0. The van der Waals surface area contributed by atoms with E-state index in [9.17, 15) is 0 Å². The normalized spacial score (nSPS) is 41.2. The van der Waals surface area contributed by atoms with Gasteiger partial charge in [0.15, 0.2) is 0 Å². The summed E-state index contributed by atoms with van der Waals surface area (Å²) in [5.41, 5.74) is 2.20. The Bertz CT molecular complexity index is 292. The van der Waals surface area contributed by atoms with Gasteiger partial charge in [-0.1, -0.05) is 27.7 Å². The van der Waals surface area contributed by atoms with Crippen LogP contribution < -0.4 is 0 Å². The van der Waals surface area contributed by atoms with Gasteiger partial charge in [-0.2, -0.15) is 0 Å². The molecule has 0 N–H and O–H groups in total. The third-order valence-electron chi connectivity index (χ3n) is 5.08. The van der Waals surface area contributed by atoms with Gasteiger partial charge in [0.1, 0.15) is 0 Å². The van der Waals surface area contributed by atoms with E-state index in [-0.39, 0.29) is 0 Å². The number of fused-ring (bicyclic) bond motifs is 1. The van der Waals surface area contributed by atoms with Crippen LogP contribution >= 0.6 is 0 Å². The molecule has 2 aliphatic carbocycles. The summed E-state index contributed by atoms with van der Waals surface area (Å²) in [6.07, 6.45) is 6.28. The topological polar surface area (TPSA) is 9.23 Å². The van der Waals surface area contributed by atoms with Crippen molar-refractivity contribution in [1.82, 2.24) is 0 Å². The highest BCUT2D eigenvalue weighted by Gasteiger charge is 2.63. The van der Waals surface area contributed by atoms with Gasteiger partial charge in [-0.3, -0.25) is 0 Å². The zero-order valence-electron chi connectivity index (χ0n) is 11.4. The Morgan fingerprint density at radius 1 is 1.44 bits per heavy atom. The van der Waals surface area contributed by atoms with Crippen LogP contribution in [0.25, 0.3) is 0 Å². The first-order chi connectivity index (χ1) is 7.51. The molecule has 1 heteroatoms. The van der Waals surface area contributed by atoms with Crippen molar-refractivity contribution in [2.45, 2.75) is 60.0 Å². The van der Waals surface area contributed by atoms with Gasteiger partial charge in [-0.25, -0.2) is 0 Å². The van der Waals surface area contributed by atoms with Crippen molar-refractivity contribution >= 4 is 0 Å². The molecule has 0 aromatic heterocycles. The highest BCUT2D eigenvalue weighted by molar-refractivity contribution is 5.26. The van der Waals surface area contributed by atoms with Crippen LogP contribution in [0, 0.1) is 23.2 Å².